The maximum absolute atomic E-state index is 14.8. The number of hydrogen-bond donors (Lipinski definition) is 2. The van der Waals surface area contributed by atoms with Crippen molar-refractivity contribution in [3.63, 3.8) is 0 Å². The minimum absolute atomic E-state index is 0.00732. The summed E-state index contributed by atoms with van der Waals surface area (Å²) in [6.07, 6.45) is -8.00. The SMILES string of the molecule is CCn1c(NCc2ccc(Oc3ncc(C(F)(F)F)cn3)cc2F)nc2ccc(Nc3cc(C(F)(F)F)n(C)n3)cc21. The van der Waals surface area contributed by atoms with Gasteiger partial charge < -0.3 is 19.9 Å². The van der Waals surface area contributed by atoms with Crippen LogP contribution in [-0.4, -0.2) is 29.3 Å². The summed E-state index contributed by atoms with van der Waals surface area (Å²) in [6, 6.07) is 9.51. The summed E-state index contributed by atoms with van der Waals surface area (Å²) in [5.41, 5.74) is 0.0922. The second-order valence-corrected chi connectivity index (χ2v) is 9.01. The highest BCUT2D eigenvalue weighted by Gasteiger charge is 2.35. The highest BCUT2D eigenvalue weighted by atomic mass is 19.4. The van der Waals surface area contributed by atoms with Crippen LogP contribution < -0.4 is 15.4 Å². The van der Waals surface area contributed by atoms with Gasteiger partial charge in [0.2, 0.25) is 5.95 Å². The van der Waals surface area contributed by atoms with E-state index in [4.69, 9.17) is 4.74 Å². The Kier molecular flexibility index (Phi) is 7.38. The van der Waals surface area contributed by atoms with Gasteiger partial charge in [0.15, 0.2) is 5.82 Å². The van der Waals surface area contributed by atoms with Crippen LogP contribution in [-0.2, 0) is 32.5 Å². The first-order chi connectivity index (χ1) is 19.8. The van der Waals surface area contributed by atoms with Crippen molar-refractivity contribution in [2.45, 2.75) is 32.4 Å². The number of anilines is 3. The highest BCUT2D eigenvalue weighted by Crippen LogP contribution is 2.32. The van der Waals surface area contributed by atoms with Gasteiger partial charge in [-0.2, -0.15) is 31.4 Å². The molecule has 0 aliphatic rings. The van der Waals surface area contributed by atoms with Gasteiger partial charge in [-0.3, -0.25) is 4.68 Å². The van der Waals surface area contributed by atoms with E-state index in [1.54, 1.807) is 18.2 Å². The molecule has 42 heavy (non-hydrogen) atoms. The average molecular weight is 594 g/mol. The zero-order valence-electron chi connectivity index (χ0n) is 21.8. The molecule has 5 rings (SSSR count). The Bertz CT molecular complexity index is 1730. The molecule has 0 saturated heterocycles. The molecule has 5 aromatic rings. The van der Waals surface area contributed by atoms with Gasteiger partial charge in [0, 0.05) is 55.9 Å². The van der Waals surface area contributed by atoms with Gasteiger partial charge >= 0.3 is 18.4 Å². The topological polar surface area (TPSA) is 94.7 Å². The lowest BCUT2D eigenvalue weighted by Crippen LogP contribution is -2.11. The summed E-state index contributed by atoms with van der Waals surface area (Å²) >= 11 is 0. The third-order valence-corrected chi connectivity index (χ3v) is 6.13. The first-order valence-corrected chi connectivity index (χ1v) is 12.3. The Morgan fingerprint density at radius 1 is 0.929 bits per heavy atom. The van der Waals surface area contributed by atoms with Gasteiger partial charge in [0.05, 0.1) is 16.6 Å². The van der Waals surface area contributed by atoms with E-state index in [9.17, 15) is 30.7 Å². The third kappa shape index (κ3) is 6.06. The van der Waals surface area contributed by atoms with Crippen LogP contribution >= 0.6 is 0 Å². The fourth-order valence-electron chi connectivity index (χ4n) is 4.13. The quantitative estimate of drug-likeness (QED) is 0.189. The monoisotopic (exact) mass is 594 g/mol. The average Bonchev–Trinajstić information content (AvgIpc) is 3.47. The van der Waals surface area contributed by atoms with Crippen molar-refractivity contribution in [3.8, 4) is 11.8 Å². The Morgan fingerprint density at radius 2 is 1.67 bits per heavy atom. The number of rotatable bonds is 8. The lowest BCUT2D eigenvalue weighted by molar-refractivity contribution is -0.143. The summed E-state index contributed by atoms with van der Waals surface area (Å²) in [5.74, 6) is -0.198. The molecule has 3 aromatic heterocycles. The van der Waals surface area contributed by atoms with Crippen LogP contribution in [0.15, 0.2) is 54.9 Å². The zero-order chi connectivity index (χ0) is 30.2. The van der Waals surface area contributed by atoms with Gasteiger partial charge in [0.25, 0.3) is 0 Å². The molecule has 0 aliphatic carbocycles. The fourth-order valence-corrected chi connectivity index (χ4v) is 4.13. The first kappa shape index (κ1) is 28.6. The molecule has 0 spiro atoms. The van der Waals surface area contributed by atoms with Crippen molar-refractivity contribution >= 4 is 28.5 Å². The van der Waals surface area contributed by atoms with E-state index in [0.717, 1.165) is 16.8 Å². The number of aryl methyl sites for hydroxylation is 2. The molecule has 16 heteroatoms. The Balaban J connectivity index is 1.28. The normalized spacial score (nSPS) is 12.1. The number of aromatic nitrogens is 6. The number of hydrogen-bond acceptors (Lipinski definition) is 7. The number of nitrogens with one attached hydrogen (secondary N) is 2. The Morgan fingerprint density at radius 3 is 2.29 bits per heavy atom. The summed E-state index contributed by atoms with van der Waals surface area (Å²) in [5, 5.41) is 9.82. The molecule has 2 aromatic carbocycles. The first-order valence-electron chi connectivity index (χ1n) is 12.3. The van der Waals surface area contributed by atoms with Gasteiger partial charge in [-0.05, 0) is 31.2 Å². The van der Waals surface area contributed by atoms with E-state index in [1.807, 2.05) is 11.5 Å². The van der Waals surface area contributed by atoms with Crippen LogP contribution in [0, 0.1) is 5.82 Å². The van der Waals surface area contributed by atoms with E-state index in [0.29, 0.717) is 41.6 Å². The number of halogens is 7. The van der Waals surface area contributed by atoms with Crippen LogP contribution in [0.4, 0.5) is 48.2 Å². The van der Waals surface area contributed by atoms with Crippen molar-refractivity contribution in [2.24, 2.45) is 7.05 Å². The molecular weight excluding hydrogens is 573 g/mol. The van der Waals surface area contributed by atoms with Crippen molar-refractivity contribution in [1.29, 1.82) is 0 Å². The molecular formula is C26H21F7N8O. The third-order valence-electron chi connectivity index (χ3n) is 6.13. The van der Waals surface area contributed by atoms with Crippen LogP contribution in [0.25, 0.3) is 11.0 Å². The molecule has 0 bridgehead atoms. The fraction of sp³-hybridized carbons (Fsp3) is 0.231. The van der Waals surface area contributed by atoms with Gasteiger partial charge in [-0.25, -0.2) is 19.3 Å². The molecule has 9 nitrogen and oxygen atoms in total. The molecule has 220 valence electrons. The lowest BCUT2D eigenvalue weighted by atomic mass is 10.2. The number of benzene rings is 2. The highest BCUT2D eigenvalue weighted by molar-refractivity contribution is 5.83. The summed E-state index contributed by atoms with van der Waals surface area (Å²) in [4.78, 5) is 11.5. The summed E-state index contributed by atoms with van der Waals surface area (Å²) in [7, 11) is 1.21. The van der Waals surface area contributed by atoms with Gasteiger partial charge in [-0.1, -0.05) is 6.07 Å². The number of fused-ring (bicyclic) bond motifs is 1. The Hall–Kier alpha value is -4.89. The smallest absolute Gasteiger partial charge is 0.424 e. The standard InChI is InChI=1S/C26H21F7N8O/c1-3-41-20-8-16(37-22-10-21(26(31,32)33)40(2)39-22)5-7-19(20)38-23(41)34-11-14-4-6-17(9-18(14)27)42-24-35-12-15(13-36-24)25(28,29)30/h4-10,12-13H,3,11H2,1-2H3,(H,34,38)(H,37,39). The van der Waals surface area contributed by atoms with Crippen LogP contribution in [0.3, 0.4) is 0 Å². The molecule has 0 atom stereocenters. The summed E-state index contributed by atoms with van der Waals surface area (Å²) in [6.45, 7) is 2.38. The maximum atomic E-state index is 14.8. The minimum atomic E-state index is -4.60. The summed E-state index contributed by atoms with van der Waals surface area (Å²) < 4.78 is 100.0. The van der Waals surface area contributed by atoms with Crippen LogP contribution in [0.5, 0.6) is 11.8 Å². The molecule has 0 radical (unpaired) electrons. The van der Waals surface area contributed by atoms with E-state index in [1.165, 1.54) is 19.2 Å². The lowest BCUT2D eigenvalue weighted by Gasteiger charge is -2.11. The Labute approximate surface area is 233 Å². The molecule has 0 fully saturated rings. The second kappa shape index (κ2) is 10.8. The predicted molar refractivity (Wildman–Crippen MR) is 138 cm³/mol. The minimum Gasteiger partial charge on any atom is -0.424 e. The largest absolute Gasteiger partial charge is 0.433 e. The predicted octanol–water partition coefficient (Wildman–Crippen LogP) is 6.90. The van der Waals surface area contributed by atoms with Crippen molar-refractivity contribution < 1.29 is 35.5 Å². The number of alkyl halides is 6. The maximum Gasteiger partial charge on any atom is 0.433 e. The molecule has 0 aliphatic heterocycles. The number of ether oxygens (including phenoxy) is 1. The van der Waals surface area contributed by atoms with Gasteiger partial charge in [-0.15, -0.1) is 0 Å². The van der Waals surface area contributed by atoms with Crippen molar-refractivity contribution in [3.05, 3.63) is 77.5 Å². The molecule has 0 saturated carbocycles. The molecule has 2 N–H and O–H groups in total. The molecule has 0 unspecified atom stereocenters. The van der Waals surface area contributed by atoms with E-state index in [2.05, 4.69) is 30.7 Å². The number of nitrogens with zero attached hydrogens (tertiary/aromatic N) is 6. The van der Waals surface area contributed by atoms with E-state index < -0.39 is 29.4 Å². The van der Waals surface area contributed by atoms with Crippen LogP contribution in [0.2, 0.25) is 0 Å². The van der Waals surface area contributed by atoms with Gasteiger partial charge in [0.1, 0.15) is 17.3 Å². The van der Waals surface area contributed by atoms with Crippen LogP contribution in [0.1, 0.15) is 23.7 Å². The zero-order valence-corrected chi connectivity index (χ0v) is 21.8. The van der Waals surface area contributed by atoms with E-state index in [-0.39, 0.29) is 29.7 Å². The number of imidazole rings is 1. The molecule has 0 amide bonds. The molecule has 3 heterocycles. The second-order valence-electron chi connectivity index (χ2n) is 9.01. The van der Waals surface area contributed by atoms with Crippen molar-refractivity contribution in [1.82, 2.24) is 29.3 Å². The van der Waals surface area contributed by atoms with E-state index >= 15 is 0 Å². The van der Waals surface area contributed by atoms with Crippen molar-refractivity contribution in [2.75, 3.05) is 10.6 Å².